The summed E-state index contributed by atoms with van der Waals surface area (Å²) in [5.41, 5.74) is 0. The third-order valence-electron chi connectivity index (χ3n) is 3.39. The van der Waals surface area contributed by atoms with Crippen molar-refractivity contribution in [1.29, 1.82) is 0 Å². The molecule has 3 fully saturated rings. The third kappa shape index (κ3) is 3.39. The van der Waals surface area contributed by atoms with Crippen LogP contribution in [0.25, 0.3) is 0 Å². The van der Waals surface area contributed by atoms with Crippen LogP contribution in [0.2, 0.25) is 0 Å². The SMILES string of the molecule is CC.CCC(=O)/C=C/C(C)N1C2COCC1C2. The normalized spacial score (nSPS) is 29.2. The second-order valence-corrected chi connectivity index (χ2v) is 4.45. The van der Waals surface area contributed by atoms with Crippen LogP contribution in [0.4, 0.5) is 0 Å². The van der Waals surface area contributed by atoms with Crippen molar-refractivity contribution in [3.63, 3.8) is 0 Å². The summed E-state index contributed by atoms with van der Waals surface area (Å²) in [6.07, 6.45) is 5.61. The molecule has 3 unspecified atom stereocenters. The summed E-state index contributed by atoms with van der Waals surface area (Å²) >= 11 is 0. The zero-order chi connectivity index (χ0) is 12.8. The maximum absolute atomic E-state index is 11.2. The molecule has 3 nitrogen and oxygen atoms in total. The van der Waals surface area contributed by atoms with Crippen molar-refractivity contribution in [1.82, 2.24) is 4.90 Å². The Balaban J connectivity index is 0.000000686. The number of allylic oxidation sites excluding steroid dienone is 1. The number of hydrogen-bond donors (Lipinski definition) is 0. The Hall–Kier alpha value is -0.670. The number of hydrogen-bond acceptors (Lipinski definition) is 3. The molecule has 3 atom stereocenters. The molecular weight excluding hydrogens is 214 g/mol. The molecule has 2 bridgehead atoms. The number of fused-ring (bicyclic) bond motifs is 2. The van der Waals surface area contributed by atoms with Crippen LogP contribution in [0.3, 0.4) is 0 Å². The van der Waals surface area contributed by atoms with E-state index in [1.807, 2.05) is 26.8 Å². The Morgan fingerprint density at radius 2 is 2.00 bits per heavy atom. The van der Waals surface area contributed by atoms with Gasteiger partial charge in [0.25, 0.3) is 0 Å². The Morgan fingerprint density at radius 3 is 2.47 bits per heavy atom. The summed E-state index contributed by atoms with van der Waals surface area (Å²) in [7, 11) is 0. The van der Waals surface area contributed by atoms with Crippen LogP contribution < -0.4 is 0 Å². The van der Waals surface area contributed by atoms with E-state index in [1.54, 1.807) is 6.08 Å². The van der Waals surface area contributed by atoms with Crippen molar-refractivity contribution in [3.05, 3.63) is 12.2 Å². The van der Waals surface area contributed by atoms with E-state index >= 15 is 0 Å². The lowest BCUT2D eigenvalue weighted by Gasteiger charge is -2.54. The van der Waals surface area contributed by atoms with Gasteiger partial charge in [0.2, 0.25) is 0 Å². The quantitative estimate of drug-likeness (QED) is 0.706. The highest BCUT2D eigenvalue weighted by atomic mass is 16.5. The first-order valence-corrected chi connectivity index (χ1v) is 6.78. The molecule has 0 radical (unpaired) electrons. The van der Waals surface area contributed by atoms with Gasteiger partial charge in [-0.15, -0.1) is 0 Å². The predicted octanol–water partition coefficient (Wildman–Crippen LogP) is 2.41. The Kier molecular flexibility index (Phi) is 5.86. The maximum atomic E-state index is 11.2. The summed E-state index contributed by atoms with van der Waals surface area (Å²) in [6.45, 7) is 9.76. The van der Waals surface area contributed by atoms with Crippen LogP contribution in [0, 0.1) is 0 Å². The highest BCUT2D eigenvalue weighted by molar-refractivity contribution is 5.89. The van der Waals surface area contributed by atoms with Gasteiger partial charge in [0.05, 0.1) is 13.2 Å². The van der Waals surface area contributed by atoms with Crippen molar-refractivity contribution in [2.75, 3.05) is 13.2 Å². The molecule has 3 rings (SSSR count). The average Bonchev–Trinajstić information content (AvgIpc) is 2.39. The fraction of sp³-hybridized carbons (Fsp3) is 0.786. The molecular formula is C14H25NO2. The Morgan fingerprint density at radius 1 is 1.41 bits per heavy atom. The molecule has 0 aromatic rings. The van der Waals surface area contributed by atoms with E-state index in [0.717, 1.165) is 13.2 Å². The van der Waals surface area contributed by atoms with Gasteiger partial charge in [0.15, 0.2) is 5.78 Å². The van der Waals surface area contributed by atoms with Crippen molar-refractivity contribution >= 4 is 5.78 Å². The van der Waals surface area contributed by atoms with Crippen molar-refractivity contribution in [2.24, 2.45) is 0 Å². The Labute approximate surface area is 105 Å². The van der Waals surface area contributed by atoms with E-state index in [4.69, 9.17) is 4.74 Å². The summed E-state index contributed by atoms with van der Waals surface area (Å²) < 4.78 is 5.43. The molecule has 3 aliphatic heterocycles. The first-order chi connectivity index (χ1) is 8.22. The molecule has 3 saturated heterocycles. The summed E-state index contributed by atoms with van der Waals surface area (Å²) in [5.74, 6) is 0.212. The number of carbonyl (C=O) groups excluding carboxylic acids is 1. The van der Waals surface area contributed by atoms with E-state index in [9.17, 15) is 4.79 Å². The van der Waals surface area contributed by atoms with E-state index in [2.05, 4.69) is 11.8 Å². The monoisotopic (exact) mass is 239 g/mol. The molecule has 0 N–H and O–H groups in total. The van der Waals surface area contributed by atoms with Crippen LogP contribution in [-0.4, -0.2) is 42.0 Å². The van der Waals surface area contributed by atoms with Gasteiger partial charge in [0.1, 0.15) is 0 Å². The molecule has 0 spiro atoms. The molecule has 0 saturated carbocycles. The van der Waals surface area contributed by atoms with E-state index in [1.165, 1.54) is 6.42 Å². The highest BCUT2D eigenvalue weighted by Gasteiger charge is 2.43. The van der Waals surface area contributed by atoms with E-state index < -0.39 is 0 Å². The first-order valence-electron chi connectivity index (χ1n) is 6.78. The van der Waals surface area contributed by atoms with E-state index in [-0.39, 0.29) is 5.78 Å². The number of rotatable bonds is 4. The molecule has 0 aromatic heterocycles. The summed E-state index contributed by atoms with van der Waals surface area (Å²) in [6, 6.07) is 1.54. The van der Waals surface area contributed by atoms with Crippen LogP contribution in [-0.2, 0) is 9.53 Å². The molecule has 17 heavy (non-hydrogen) atoms. The lowest BCUT2D eigenvalue weighted by Crippen LogP contribution is -2.65. The first kappa shape index (κ1) is 14.4. The molecule has 0 aliphatic carbocycles. The zero-order valence-corrected chi connectivity index (χ0v) is 11.5. The molecule has 3 heteroatoms. The standard InChI is InChI=1S/C12H19NO2.C2H6/c1-3-12(14)5-4-9(2)13-10-6-11(13)8-15-7-10;1-2/h4-5,9-11H,3,6-8H2,1-2H3;1-2H3/b5-4+;. The van der Waals surface area contributed by atoms with Crippen LogP contribution in [0.1, 0.15) is 40.5 Å². The van der Waals surface area contributed by atoms with Gasteiger partial charge in [0, 0.05) is 24.5 Å². The predicted molar refractivity (Wildman–Crippen MR) is 70.1 cm³/mol. The van der Waals surface area contributed by atoms with Gasteiger partial charge in [-0.25, -0.2) is 0 Å². The lowest BCUT2D eigenvalue weighted by molar-refractivity contribution is -0.136. The van der Waals surface area contributed by atoms with Crippen LogP contribution in [0.15, 0.2) is 12.2 Å². The largest absolute Gasteiger partial charge is 0.378 e. The minimum absolute atomic E-state index is 0.212. The van der Waals surface area contributed by atoms with Gasteiger partial charge >= 0.3 is 0 Å². The second-order valence-electron chi connectivity index (χ2n) is 4.45. The van der Waals surface area contributed by atoms with Gasteiger partial charge in [-0.3, -0.25) is 9.69 Å². The number of carbonyl (C=O) groups is 1. The zero-order valence-electron chi connectivity index (χ0n) is 11.5. The van der Waals surface area contributed by atoms with Crippen molar-refractivity contribution in [2.45, 2.75) is 58.7 Å². The highest BCUT2D eigenvalue weighted by Crippen LogP contribution is 2.32. The average molecular weight is 239 g/mol. The van der Waals surface area contributed by atoms with Gasteiger partial charge in [-0.1, -0.05) is 26.8 Å². The van der Waals surface area contributed by atoms with Gasteiger partial charge < -0.3 is 4.74 Å². The number of nitrogens with zero attached hydrogens (tertiary/aromatic N) is 1. The lowest BCUT2D eigenvalue weighted by atomic mass is 9.89. The molecule has 3 aliphatic rings. The summed E-state index contributed by atoms with van der Waals surface area (Å²) in [5, 5.41) is 0. The second kappa shape index (κ2) is 6.92. The summed E-state index contributed by atoms with van der Waals surface area (Å²) in [4.78, 5) is 13.6. The minimum atomic E-state index is 0.212. The fourth-order valence-corrected chi connectivity index (χ4v) is 2.49. The fourth-order valence-electron chi connectivity index (χ4n) is 2.49. The van der Waals surface area contributed by atoms with E-state index in [0.29, 0.717) is 24.5 Å². The molecule has 0 amide bonds. The minimum Gasteiger partial charge on any atom is -0.378 e. The van der Waals surface area contributed by atoms with Crippen LogP contribution >= 0.6 is 0 Å². The number of ether oxygens (including phenoxy) is 1. The molecule has 98 valence electrons. The number of morpholine rings is 1. The molecule has 0 aromatic carbocycles. The van der Waals surface area contributed by atoms with Crippen molar-refractivity contribution < 1.29 is 9.53 Å². The van der Waals surface area contributed by atoms with Gasteiger partial charge in [-0.05, 0) is 19.4 Å². The third-order valence-corrected chi connectivity index (χ3v) is 3.39. The van der Waals surface area contributed by atoms with Crippen molar-refractivity contribution in [3.8, 4) is 0 Å². The van der Waals surface area contributed by atoms with Gasteiger partial charge in [-0.2, -0.15) is 0 Å². The molecule has 3 heterocycles. The Bertz CT molecular complexity index is 261. The topological polar surface area (TPSA) is 29.5 Å². The smallest absolute Gasteiger partial charge is 0.155 e. The number of ketones is 1. The van der Waals surface area contributed by atoms with Crippen LogP contribution in [0.5, 0.6) is 0 Å². The maximum Gasteiger partial charge on any atom is 0.155 e.